The van der Waals surface area contributed by atoms with E-state index in [0.717, 1.165) is 0 Å². The second-order valence-electron chi connectivity index (χ2n) is 8.55. The molecule has 3 aromatic carbocycles. The lowest BCUT2D eigenvalue weighted by Gasteiger charge is -2.17. The SMILES string of the molecule is CCn1c(C(F)(F)c2ccccc2)nc2ccc(C(=O)Nc3cccc(S(=O)(=O)C4CC4)c3)cc21. The molecule has 0 unspecified atom stereocenters. The Balaban J connectivity index is 1.47. The van der Waals surface area contributed by atoms with E-state index in [2.05, 4.69) is 10.3 Å². The highest BCUT2D eigenvalue weighted by Crippen LogP contribution is 2.37. The number of hydrogen-bond donors (Lipinski definition) is 1. The predicted octanol–water partition coefficient (Wildman–Crippen LogP) is 5.38. The highest BCUT2D eigenvalue weighted by atomic mass is 32.2. The van der Waals surface area contributed by atoms with Gasteiger partial charge in [0.2, 0.25) is 0 Å². The van der Waals surface area contributed by atoms with Gasteiger partial charge in [-0.2, -0.15) is 8.78 Å². The van der Waals surface area contributed by atoms with Gasteiger partial charge >= 0.3 is 5.92 Å². The summed E-state index contributed by atoms with van der Waals surface area (Å²) >= 11 is 0. The standard InChI is InChI=1S/C26H23F2N3O3S/c1-2-31-23-15-17(11-14-22(23)30-25(31)26(27,28)18-7-4-3-5-8-18)24(32)29-19-9-6-10-21(16-19)35(33,34)20-12-13-20/h3-11,14-16,20H,2,12-13H2,1H3,(H,29,32). The van der Waals surface area contributed by atoms with Gasteiger partial charge in [-0.3, -0.25) is 4.79 Å². The van der Waals surface area contributed by atoms with Gasteiger partial charge in [-0.05, 0) is 56.2 Å². The summed E-state index contributed by atoms with van der Waals surface area (Å²) < 4.78 is 57.1. The number of carbonyl (C=O) groups excluding carboxylic acids is 1. The van der Waals surface area contributed by atoms with Crippen molar-refractivity contribution in [2.45, 2.75) is 42.4 Å². The Kier molecular flexibility index (Phi) is 5.67. The molecule has 0 atom stereocenters. The molecule has 1 N–H and O–H groups in total. The number of carbonyl (C=O) groups is 1. The molecule has 0 spiro atoms. The van der Waals surface area contributed by atoms with Crippen molar-refractivity contribution < 1.29 is 22.0 Å². The Morgan fingerprint density at radius 1 is 1.06 bits per heavy atom. The molecule has 1 saturated carbocycles. The first-order chi connectivity index (χ1) is 16.7. The molecule has 1 amide bonds. The van der Waals surface area contributed by atoms with Gasteiger partial charge in [0.25, 0.3) is 5.91 Å². The van der Waals surface area contributed by atoms with Crippen LogP contribution >= 0.6 is 0 Å². The first kappa shape index (κ1) is 23.2. The molecular formula is C26H23F2N3O3S. The molecule has 9 heteroatoms. The number of aryl methyl sites for hydroxylation is 1. The fourth-order valence-electron chi connectivity index (χ4n) is 4.13. The van der Waals surface area contributed by atoms with Crippen molar-refractivity contribution in [2.75, 3.05) is 5.32 Å². The number of nitrogens with one attached hydrogen (secondary N) is 1. The maximum absolute atomic E-state index is 15.3. The quantitative estimate of drug-likeness (QED) is 0.373. The third-order valence-electron chi connectivity index (χ3n) is 6.13. The predicted molar refractivity (Wildman–Crippen MR) is 129 cm³/mol. The van der Waals surface area contributed by atoms with Crippen molar-refractivity contribution >= 4 is 32.5 Å². The lowest BCUT2D eigenvalue weighted by Crippen LogP contribution is -2.21. The van der Waals surface area contributed by atoms with Crippen LogP contribution in [0.1, 0.15) is 41.5 Å². The molecule has 1 fully saturated rings. The van der Waals surface area contributed by atoms with Crippen LogP contribution in [-0.4, -0.2) is 29.1 Å². The summed E-state index contributed by atoms with van der Waals surface area (Å²) in [5.41, 5.74) is 1.20. The Labute approximate surface area is 201 Å². The number of aromatic nitrogens is 2. The van der Waals surface area contributed by atoms with Gasteiger partial charge in [-0.25, -0.2) is 13.4 Å². The number of fused-ring (bicyclic) bond motifs is 1. The zero-order chi connectivity index (χ0) is 24.8. The third kappa shape index (κ3) is 4.20. The average molecular weight is 496 g/mol. The molecule has 1 aliphatic rings. The Hall–Kier alpha value is -3.59. The van der Waals surface area contributed by atoms with E-state index in [9.17, 15) is 13.2 Å². The number of amides is 1. The van der Waals surface area contributed by atoms with E-state index in [-0.39, 0.29) is 27.8 Å². The molecule has 5 rings (SSSR count). The fraction of sp³-hybridized carbons (Fsp3) is 0.231. The number of sulfone groups is 1. The second kappa shape index (κ2) is 8.57. The number of benzene rings is 3. The van der Waals surface area contributed by atoms with Crippen LogP contribution in [0.4, 0.5) is 14.5 Å². The first-order valence-electron chi connectivity index (χ1n) is 11.3. The van der Waals surface area contributed by atoms with Crippen LogP contribution in [0.2, 0.25) is 0 Å². The van der Waals surface area contributed by atoms with Crippen molar-refractivity contribution in [1.82, 2.24) is 9.55 Å². The minimum absolute atomic E-state index is 0.163. The van der Waals surface area contributed by atoms with Crippen LogP contribution in [-0.2, 0) is 22.3 Å². The normalized spacial score (nSPS) is 14.3. The summed E-state index contributed by atoms with van der Waals surface area (Å²) in [5, 5.41) is 2.36. The summed E-state index contributed by atoms with van der Waals surface area (Å²) in [4.78, 5) is 17.3. The Bertz CT molecular complexity index is 1530. The summed E-state index contributed by atoms with van der Waals surface area (Å²) in [6.45, 7) is 1.98. The van der Waals surface area contributed by atoms with Crippen LogP contribution in [0.5, 0.6) is 0 Å². The van der Waals surface area contributed by atoms with E-state index < -0.39 is 27.5 Å². The zero-order valence-corrected chi connectivity index (χ0v) is 19.7. The highest BCUT2D eigenvalue weighted by Gasteiger charge is 2.39. The Morgan fingerprint density at radius 3 is 2.49 bits per heavy atom. The van der Waals surface area contributed by atoms with E-state index >= 15 is 8.78 Å². The van der Waals surface area contributed by atoms with Gasteiger partial charge in [0.1, 0.15) is 0 Å². The number of imidazole rings is 1. The van der Waals surface area contributed by atoms with Gasteiger partial charge in [-0.15, -0.1) is 0 Å². The van der Waals surface area contributed by atoms with Crippen LogP contribution in [0.15, 0.2) is 77.7 Å². The van der Waals surface area contributed by atoms with Crippen LogP contribution in [0.25, 0.3) is 11.0 Å². The lowest BCUT2D eigenvalue weighted by molar-refractivity contribution is 0.0296. The van der Waals surface area contributed by atoms with Gasteiger partial charge in [0, 0.05) is 23.4 Å². The molecule has 6 nitrogen and oxygen atoms in total. The summed E-state index contributed by atoms with van der Waals surface area (Å²) in [5.74, 6) is -4.18. The average Bonchev–Trinajstić information content (AvgIpc) is 3.66. The van der Waals surface area contributed by atoms with Crippen molar-refractivity contribution in [3.05, 3.63) is 89.7 Å². The summed E-state index contributed by atoms with van der Waals surface area (Å²) in [7, 11) is -3.39. The molecule has 0 aliphatic heterocycles. The van der Waals surface area contributed by atoms with E-state index in [1.165, 1.54) is 47.0 Å². The third-order valence-corrected chi connectivity index (χ3v) is 8.39. The first-order valence-corrected chi connectivity index (χ1v) is 12.9. The Morgan fingerprint density at radius 2 is 1.80 bits per heavy atom. The lowest BCUT2D eigenvalue weighted by atomic mass is 10.1. The summed E-state index contributed by atoms with van der Waals surface area (Å²) in [6, 6.07) is 18.2. The van der Waals surface area contributed by atoms with Gasteiger partial charge in [0.05, 0.1) is 21.2 Å². The number of halogens is 2. The van der Waals surface area contributed by atoms with E-state index in [0.29, 0.717) is 29.6 Å². The van der Waals surface area contributed by atoms with Crippen molar-refractivity contribution in [3.8, 4) is 0 Å². The van der Waals surface area contributed by atoms with Crippen molar-refractivity contribution in [1.29, 1.82) is 0 Å². The maximum atomic E-state index is 15.3. The topological polar surface area (TPSA) is 81.1 Å². The largest absolute Gasteiger partial charge is 0.330 e. The number of alkyl halides is 2. The van der Waals surface area contributed by atoms with E-state index in [1.807, 2.05) is 0 Å². The van der Waals surface area contributed by atoms with Gasteiger partial charge in [0.15, 0.2) is 15.7 Å². The monoisotopic (exact) mass is 495 g/mol. The molecule has 0 saturated heterocycles. The number of anilines is 1. The smallest absolute Gasteiger partial charge is 0.323 e. The number of hydrogen-bond acceptors (Lipinski definition) is 4. The van der Waals surface area contributed by atoms with Gasteiger partial charge < -0.3 is 9.88 Å². The molecule has 0 radical (unpaired) electrons. The van der Waals surface area contributed by atoms with E-state index in [4.69, 9.17) is 0 Å². The number of nitrogens with zero attached hydrogens (tertiary/aromatic N) is 2. The molecule has 1 aliphatic carbocycles. The minimum atomic E-state index is -3.39. The van der Waals surface area contributed by atoms with Gasteiger partial charge in [-0.1, -0.05) is 36.4 Å². The zero-order valence-electron chi connectivity index (χ0n) is 18.9. The van der Waals surface area contributed by atoms with Crippen LogP contribution in [0.3, 0.4) is 0 Å². The fourth-order valence-corrected chi connectivity index (χ4v) is 5.83. The molecule has 1 heterocycles. The molecule has 4 aromatic rings. The van der Waals surface area contributed by atoms with Crippen molar-refractivity contribution in [3.63, 3.8) is 0 Å². The number of rotatable bonds is 7. The van der Waals surface area contributed by atoms with Crippen molar-refractivity contribution in [2.24, 2.45) is 0 Å². The molecule has 180 valence electrons. The summed E-state index contributed by atoms with van der Waals surface area (Å²) in [6.07, 6.45) is 1.30. The molecule has 35 heavy (non-hydrogen) atoms. The second-order valence-corrected chi connectivity index (χ2v) is 10.8. The minimum Gasteiger partial charge on any atom is -0.323 e. The molecular weight excluding hydrogens is 472 g/mol. The van der Waals surface area contributed by atoms with Crippen LogP contribution in [0, 0.1) is 0 Å². The maximum Gasteiger partial charge on any atom is 0.330 e. The van der Waals surface area contributed by atoms with E-state index in [1.54, 1.807) is 37.3 Å². The highest BCUT2D eigenvalue weighted by molar-refractivity contribution is 7.92. The molecule has 0 bridgehead atoms. The van der Waals surface area contributed by atoms with Crippen LogP contribution < -0.4 is 5.32 Å². The molecule has 1 aromatic heterocycles.